The molecule has 0 aliphatic carbocycles. The van der Waals surface area contributed by atoms with Gasteiger partial charge in [0.25, 0.3) is 0 Å². The molecule has 0 aliphatic rings. The molecule has 2 aromatic rings. The minimum atomic E-state index is -3.23. The third-order valence-electron chi connectivity index (χ3n) is 2.66. The van der Waals surface area contributed by atoms with E-state index < -0.39 is 9.84 Å². The Balaban J connectivity index is 2.08. The molecule has 1 N–H and O–H groups in total. The number of rotatable bonds is 6. The Bertz CT molecular complexity index is 623. The molecule has 19 heavy (non-hydrogen) atoms. The predicted molar refractivity (Wildman–Crippen MR) is 70.7 cm³/mol. The number of sulfone groups is 1. The van der Waals surface area contributed by atoms with Crippen molar-refractivity contribution in [3.63, 3.8) is 0 Å². The van der Waals surface area contributed by atoms with Crippen LogP contribution in [0, 0.1) is 0 Å². The molecule has 0 saturated heterocycles. The van der Waals surface area contributed by atoms with E-state index in [0.717, 1.165) is 0 Å². The van der Waals surface area contributed by atoms with Gasteiger partial charge in [0, 0.05) is 13.0 Å². The summed E-state index contributed by atoms with van der Waals surface area (Å²) < 4.78 is 28.7. The molecule has 0 amide bonds. The van der Waals surface area contributed by atoms with Gasteiger partial charge < -0.3 is 9.84 Å². The Morgan fingerprint density at radius 1 is 1.32 bits per heavy atom. The number of hydrogen-bond donors (Lipinski definition) is 1. The van der Waals surface area contributed by atoms with E-state index in [9.17, 15) is 8.42 Å². The van der Waals surface area contributed by atoms with Gasteiger partial charge >= 0.3 is 0 Å². The van der Waals surface area contributed by atoms with Crippen LogP contribution in [0.4, 0.5) is 5.69 Å². The Morgan fingerprint density at radius 2 is 2.11 bits per heavy atom. The lowest BCUT2D eigenvalue weighted by atomic mass is 10.3. The van der Waals surface area contributed by atoms with Crippen molar-refractivity contribution in [2.75, 3.05) is 17.6 Å². The lowest BCUT2D eigenvalue weighted by molar-refractivity contribution is 0.380. The van der Waals surface area contributed by atoms with Gasteiger partial charge in [-0.25, -0.2) is 8.42 Å². The van der Waals surface area contributed by atoms with E-state index in [2.05, 4.69) is 15.5 Å². The normalized spacial score (nSPS) is 11.4. The first-order valence-electron chi connectivity index (χ1n) is 5.94. The minimum Gasteiger partial charge on any atom is -0.383 e. The molecule has 0 radical (unpaired) electrons. The lowest BCUT2D eigenvalue weighted by Crippen LogP contribution is -2.11. The summed E-state index contributed by atoms with van der Waals surface area (Å²) in [5.74, 6) is 0.596. The topological polar surface area (TPSA) is 85.1 Å². The third kappa shape index (κ3) is 3.31. The molecule has 1 aromatic heterocycles. The smallest absolute Gasteiger partial charge is 0.228 e. The maximum atomic E-state index is 11.9. The Labute approximate surface area is 111 Å². The number of nitrogens with zero attached hydrogens (tertiary/aromatic N) is 2. The summed E-state index contributed by atoms with van der Waals surface area (Å²) in [6.45, 7) is 2.16. The van der Waals surface area contributed by atoms with E-state index in [4.69, 9.17) is 4.52 Å². The molecule has 0 unspecified atom stereocenters. The van der Waals surface area contributed by atoms with Crippen molar-refractivity contribution < 1.29 is 12.9 Å². The van der Waals surface area contributed by atoms with E-state index in [1.165, 1.54) is 6.33 Å². The zero-order valence-electron chi connectivity index (χ0n) is 10.5. The van der Waals surface area contributed by atoms with Gasteiger partial charge in [0.1, 0.15) is 0 Å². The molecule has 1 aromatic carbocycles. The molecule has 6 nitrogen and oxygen atoms in total. The molecule has 1 heterocycles. The van der Waals surface area contributed by atoms with Crippen molar-refractivity contribution in [1.82, 2.24) is 10.1 Å². The predicted octanol–water partition coefficient (Wildman–Crippen LogP) is 1.52. The van der Waals surface area contributed by atoms with Crippen LogP contribution in [0.25, 0.3) is 0 Å². The van der Waals surface area contributed by atoms with Crippen LogP contribution in [0.15, 0.2) is 40.0 Å². The van der Waals surface area contributed by atoms with Gasteiger partial charge in [-0.2, -0.15) is 4.98 Å². The van der Waals surface area contributed by atoms with Gasteiger partial charge in [-0.15, -0.1) is 0 Å². The van der Waals surface area contributed by atoms with Crippen molar-refractivity contribution in [3.8, 4) is 0 Å². The first-order valence-corrected chi connectivity index (χ1v) is 7.60. The quantitative estimate of drug-likeness (QED) is 0.864. The molecule has 7 heteroatoms. The molecular formula is C12H15N3O3S. The van der Waals surface area contributed by atoms with Gasteiger partial charge in [-0.05, 0) is 12.1 Å². The number of nitrogens with one attached hydrogen (secondary N) is 1. The van der Waals surface area contributed by atoms with Gasteiger partial charge in [0.15, 0.2) is 16.2 Å². The second kappa shape index (κ2) is 5.83. The lowest BCUT2D eigenvalue weighted by Gasteiger charge is -2.10. The zero-order valence-corrected chi connectivity index (χ0v) is 11.4. The van der Waals surface area contributed by atoms with E-state index in [1.807, 2.05) is 0 Å². The van der Waals surface area contributed by atoms with Gasteiger partial charge in [0.05, 0.1) is 16.3 Å². The van der Waals surface area contributed by atoms with Crippen LogP contribution < -0.4 is 5.32 Å². The monoisotopic (exact) mass is 281 g/mol. The van der Waals surface area contributed by atoms with E-state index in [1.54, 1.807) is 31.2 Å². The standard InChI is InChI=1S/C12H15N3O3S/c1-2-19(16,17)11-6-4-3-5-10(11)13-8-7-12-14-9-15-18-12/h3-6,9,13H,2,7-8H2,1H3. The van der Waals surface area contributed by atoms with Crippen molar-refractivity contribution in [2.24, 2.45) is 0 Å². The highest BCUT2D eigenvalue weighted by molar-refractivity contribution is 7.91. The Morgan fingerprint density at radius 3 is 2.79 bits per heavy atom. The van der Waals surface area contributed by atoms with Gasteiger partial charge in [-0.3, -0.25) is 0 Å². The van der Waals surface area contributed by atoms with E-state index in [-0.39, 0.29) is 5.75 Å². The van der Waals surface area contributed by atoms with Crippen LogP contribution in [-0.2, 0) is 16.3 Å². The summed E-state index contributed by atoms with van der Waals surface area (Å²) in [4.78, 5) is 4.22. The molecular weight excluding hydrogens is 266 g/mol. The van der Waals surface area contributed by atoms with Crippen LogP contribution in [0.3, 0.4) is 0 Å². The number of benzene rings is 1. The summed E-state index contributed by atoms with van der Waals surface area (Å²) in [7, 11) is -3.23. The highest BCUT2D eigenvalue weighted by atomic mass is 32.2. The second-order valence-electron chi connectivity index (χ2n) is 3.91. The van der Waals surface area contributed by atoms with Crippen LogP contribution in [0.1, 0.15) is 12.8 Å². The minimum absolute atomic E-state index is 0.0787. The summed E-state index contributed by atoms with van der Waals surface area (Å²) in [5.41, 5.74) is 0.601. The highest BCUT2D eigenvalue weighted by Gasteiger charge is 2.15. The van der Waals surface area contributed by atoms with Crippen LogP contribution in [0.5, 0.6) is 0 Å². The number of anilines is 1. The SMILES string of the molecule is CCS(=O)(=O)c1ccccc1NCCc1ncno1. The average Bonchev–Trinajstić information content (AvgIpc) is 2.92. The van der Waals surface area contributed by atoms with Gasteiger partial charge in [-0.1, -0.05) is 24.2 Å². The first-order chi connectivity index (χ1) is 9.13. The second-order valence-corrected chi connectivity index (χ2v) is 6.16. The fourth-order valence-electron chi connectivity index (χ4n) is 1.65. The largest absolute Gasteiger partial charge is 0.383 e. The van der Waals surface area contributed by atoms with Gasteiger partial charge in [0.2, 0.25) is 5.89 Å². The number of aromatic nitrogens is 2. The Kier molecular flexibility index (Phi) is 4.16. The van der Waals surface area contributed by atoms with Crippen molar-refractivity contribution in [3.05, 3.63) is 36.5 Å². The van der Waals surface area contributed by atoms with Crippen molar-refractivity contribution in [2.45, 2.75) is 18.2 Å². The third-order valence-corrected chi connectivity index (χ3v) is 4.45. The molecule has 102 valence electrons. The molecule has 0 fully saturated rings. The molecule has 0 saturated carbocycles. The van der Waals surface area contributed by atoms with Crippen LogP contribution in [0.2, 0.25) is 0 Å². The van der Waals surface area contributed by atoms with E-state index >= 15 is 0 Å². The van der Waals surface area contributed by atoms with Crippen LogP contribution >= 0.6 is 0 Å². The first kappa shape index (κ1) is 13.5. The Hall–Kier alpha value is -1.89. The maximum absolute atomic E-state index is 11.9. The fourth-order valence-corrected chi connectivity index (χ4v) is 2.72. The van der Waals surface area contributed by atoms with Crippen LogP contribution in [-0.4, -0.2) is 30.9 Å². The summed E-state index contributed by atoms with van der Waals surface area (Å²) in [6.07, 6.45) is 1.88. The average molecular weight is 281 g/mol. The van der Waals surface area contributed by atoms with Crippen molar-refractivity contribution in [1.29, 1.82) is 0 Å². The number of para-hydroxylation sites is 1. The maximum Gasteiger partial charge on any atom is 0.228 e. The zero-order chi connectivity index (χ0) is 13.7. The molecule has 2 rings (SSSR count). The number of hydrogen-bond acceptors (Lipinski definition) is 6. The molecule has 0 aliphatic heterocycles. The van der Waals surface area contributed by atoms with E-state index in [0.29, 0.717) is 29.4 Å². The summed E-state index contributed by atoms with van der Waals surface area (Å²) >= 11 is 0. The highest BCUT2D eigenvalue weighted by Crippen LogP contribution is 2.21. The van der Waals surface area contributed by atoms with Crippen molar-refractivity contribution >= 4 is 15.5 Å². The fraction of sp³-hybridized carbons (Fsp3) is 0.333. The molecule has 0 spiro atoms. The summed E-state index contributed by atoms with van der Waals surface area (Å²) in [5, 5.41) is 6.59. The molecule has 0 bridgehead atoms. The summed E-state index contributed by atoms with van der Waals surface area (Å²) in [6, 6.07) is 6.86. The molecule has 0 atom stereocenters.